The molecular formula is C61H118O17P2. The lowest BCUT2D eigenvalue weighted by Crippen LogP contribution is -2.30. The van der Waals surface area contributed by atoms with Crippen LogP contribution in [0.1, 0.15) is 292 Å². The van der Waals surface area contributed by atoms with E-state index in [9.17, 15) is 43.2 Å². The number of ether oxygens (including phenoxy) is 4. The van der Waals surface area contributed by atoms with Gasteiger partial charge in [0, 0.05) is 25.7 Å². The van der Waals surface area contributed by atoms with Gasteiger partial charge in [0.15, 0.2) is 12.2 Å². The van der Waals surface area contributed by atoms with Crippen molar-refractivity contribution < 1.29 is 80.2 Å². The highest BCUT2D eigenvalue weighted by molar-refractivity contribution is 7.47. The van der Waals surface area contributed by atoms with E-state index in [0.29, 0.717) is 31.6 Å². The second-order valence-corrected chi connectivity index (χ2v) is 26.0. The number of rotatable bonds is 59. The van der Waals surface area contributed by atoms with E-state index in [-0.39, 0.29) is 25.7 Å². The zero-order valence-electron chi connectivity index (χ0n) is 51.5. The Kier molecular flexibility index (Phi) is 51.3. The van der Waals surface area contributed by atoms with Crippen LogP contribution in [0.3, 0.4) is 0 Å². The second kappa shape index (κ2) is 52.6. The van der Waals surface area contributed by atoms with Crippen LogP contribution in [-0.4, -0.2) is 96.7 Å². The molecule has 80 heavy (non-hydrogen) atoms. The van der Waals surface area contributed by atoms with Gasteiger partial charge < -0.3 is 33.8 Å². The number of carbonyl (C=O) groups is 4. The fraction of sp³-hybridized carbons (Fsp3) is 0.934. The summed E-state index contributed by atoms with van der Waals surface area (Å²) in [5, 5.41) is 10.5. The van der Waals surface area contributed by atoms with E-state index in [2.05, 4.69) is 48.5 Å². The topological polar surface area (TPSA) is 237 Å². The molecule has 0 aromatic carbocycles. The normalized spacial score (nSPS) is 15.1. The fourth-order valence-electron chi connectivity index (χ4n) is 8.89. The number of phosphoric acid groups is 2. The van der Waals surface area contributed by atoms with E-state index in [1.54, 1.807) is 0 Å². The molecule has 0 fully saturated rings. The molecule has 0 bridgehead atoms. The van der Waals surface area contributed by atoms with E-state index in [1.165, 1.54) is 89.9 Å². The minimum atomic E-state index is -4.94. The Morgan fingerprint density at radius 2 is 0.637 bits per heavy atom. The zero-order valence-corrected chi connectivity index (χ0v) is 53.3. The molecule has 0 radical (unpaired) electrons. The number of hydrogen-bond acceptors (Lipinski definition) is 15. The monoisotopic (exact) mass is 1180 g/mol. The molecule has 17 nitrogen and oxygen atoms in total. The molecule has 3 N–H and O–H groups in total. The number of esters is 4. The molecule has 0 saturated carbocycles. The minimum absolute atomic E-state index is 0.101. The Bertz CT molecular complexity index is 1600. The summed E-state index contributed by atoms with van der Waals surface area (Å²) >= 11 is 0. The van der Waals surface area contributed by atoms with Crippen LogP contribution in [0.25, 0.3) is 0 Å². The summed E-state index contributed by atoms with van der Waals surface area (Å²) in [6.07, 6.45) is 32.3. The fourth-order valence-corrected chi connectivity index (χ4v) is 10.5. The molecule has 19 heteroatoms. The summed E-state index contributed by atoms with van der Waals surface area (Å²) in [5.41, 5.74) is 0. The van der Waals surface area contributed by atoms with E-state index in [1.807, 2.05) is 0 Å². The molecule has 0 heterocycles. The Hall–Kier alpha value is -1.94. The number of phosphoric ester groups is 2. The predicted octanol–water partition coefficient (Wildman–Crippen LogP) is 16.3. The van der Waals surface area contributed by atoms with Gasteiger partial charge in [-0.15, -0.1) is 0 Å². The summed E-state index contributed by atoms with van der Waals surface area (Å²) in [6.45, 7) is 11.6. The van der Waals surface area contributed by atoms with Gasteiger partial charge in [0.05, 0.1) is 26.4 Å². The van der Waals surface area contributed by atoms with Crippen molar-refractivity contribution in [2.75, 3.05) is 39.6 Å². The number of hydrogen-bond donors (Lipinski definition) is 3. The lowest BCUT2D eigenvalue weighted by atomic mass is 9.99. The first kappa shape index (κ1) is 78.1. The van der Waals surface area contributed by atoms with Crippen molar-refractivity contribution in [3.8, 4) is 0 Å². The van der Waals surface area contributed by atoms with Crippen molar-refractivity contribution in [2.45, 2.75) is 311 Å². The predicted molar refractivity (Wildman–Crippen MR) is 317 cm³/mol. The van der Waals surface area contributed by atoms with Crippen molar-refractivity contribution in [3.05, 3.63) is 0 Å². The van der Waals surface area contributed by atoms with Crippen molar-refractivity contribution in [3.63, 3.8) is 0 Å². The smallest absolute Gasteiger partial charge is 0.462 e. The van der Waals surface area contributed by atoms with Crippen LogP contribution in [0, 0.1) is 17.8 Å². The van der Waals surface area contributed by atoms with E-state index >= 15 is 0 Å². The summed E-state index contributed by atoms with van der Waals surface area (Å²) in [4.78, 5) is 71.9. The molecule has 0 aromatic rings. The van der Waals surface area contributed by atoms with Crippen LogP contribution in [-0.2, 0) is 65.4 Å². The highest BCUT2D eigenvalue weighted by Gasteiger charge is 2.30. The molecule has 7 atom stereocenters. The highest BCUT2D eigenvalue weighted by atomic mass is 31.2. The third-order valence-electron chi connectivity index (χ3n) is 14.6. The number of carbonyl (C=O) groups excluding carboxylic acids is 4. The Morgan fingerprint density at radius 1 is 0.362 bits per heavy atom. The summed E-state index contributed by atoms with van der Waals surface area (Å²) in [6, 6.07) is 0. The van der Waals surface area contributed by atoms with Crippen molar-refractivity contribution in [1.29, 1.82) is 0 Å². The van der Waals surface area contributed by atoms with Gasteiger partial charge in [0.25, 0.3) is 0 Å². The van der Waals surface area contributed by atoms with Crippen molar-refractivity contribution >= 4 is 39.5 Å². The number of unbranched alkanes of at least 4 members (excludes halogenated alkanes) is 25. The van der Waals surface area contributed by atoms with Crippen LogP contribution < -0.4 is 0 Å². The van der Waals surface area contributed by atoms with Gasteiger partial charge in [-0.25, -0.2) is 9.13 Å². The number of aliphatic hydroxyl groups excluding tert-OH is 1. The van der Waals surface area contributed by atoms with Gasteiger partial charge in [-0.05, 0) is 43.4 Å². The zero-order chi connectivity index (χ0) is 59.5. The number of aliphatic hydroxyl groups is 1. The molecule has 0 aliphatic rings. The molecule has 0 aliphatic carbocycles. The molecule has 0 spiro atoms. The first-order chi connectivity index (χ1) is 38.3. The van der Waals surface area contributed by atoms with Gasteiger partial charge in [-0.2, -0.15) is 0 Å². The maximum absolute atomic E-state index is 12.9. The largest absolute Gasteiger partial charge is 0.472 e. The van der Waals surface area contributed by atoms with Crippen molar-refractivity contribution in [2.24, 2.45) is 17.8 Å². The first-order valence-electron chi connectivity index (χ1n) is 31.9. The first-order valence-corrected chi connectivity index (χ1v) is 34.9. The molecule has 0 saturated heterocycles. The average molecular weight is 1190 g/mol. The van der Waals surface area contributed by atoms with E-state index in [0.717, 1.165) is 115 Å². The van der Waals surface area contributed by atoms with E-state index in [4.69, 9.17) is 37.0 Å². The average Bonchev–Trinajstić information content (AvgIpc) is 3.42. The maximum Gasteiger partial charge on any atom is 0.472 e. The van der Waals surface area contributed by atoms with Gasteiger partial charge in [-0.1, -0.05) is 241 Å². The van der Waals surface area contributed by atoms with Crippen LogP contribution in [0.15, 0.2) is 0 Å². The standard InChI is InChI=1S/C61H118O17P2/c1-8-11-12-13-18-28-35-42-58(63)71-48-57(78-61(66)45-38-31-24-23-25-32-39-52(4)5)51-76-80(69,70)74-47-55(62)46-73-79(67,68)75-50-56(77-60(65)44-37-30-22-17-15-20-27-34-41-54(7)10-3)49-72-59(64)43-36-29-21-16-14-19-26-33-40-53(6)9-2/h52-57,62H,8-51H2,1-7H3,(H,67,68)(H,69,70)/t53?,54?,55-,56-,57-/m1/s1. The highest BCUT2D eigenvalue weighted by Crippen LogP contribution is 2.45. The second-order valence-electron chi connectivity index (χ2n) is 23.0. The summed E-state index contributed by atoms with van der Waals surface area (Å²) in [5.74, 6) is 0.0674. The molecular weight excluding hydrogens is 1070 g/mol. The Balaban J connectivity index is 5.24. The van der Waals surface area contributed by atoms with Gasteiger partial charge in [-0.3, -0.25) is 37.3 Å². The molecule has 4 unspecified atom stereocenters. The van der Waals surface area contributed by atoms with Crippen LogP contribution >= 0.6 is 15.6 Å². The molecule has 0 rings (SSSR count). The SMILES string of the molecule is CCCCCCCCCC(=O)OC[C@H](COP(=O)(O)OC[C@H](O)COP(=O)(O)OC[C@@H](COC(=O)CCCCCCCCCCC(C)CC)OC(=O)CCCCCCCCCCC(C)CC)OC(=O)CCCCCCCCC(C)C. The lowest BCUT2D eigenvalue weighted by Gasteiger charge is -2.21. The van der Waals surface area contributed by atoms with Crippen LogP contribution in [0.2, 0.25) is 0 Å². The van der Waals surface area contributed by atoms with E-state index < -0.39 is 97.5 Å². The molecule has 0 amide bonds. The lowest BCUT2D eigenvalue weighted by molar-refractivity contribution is -0.161. The molecule has 474 valence electrons. The Morgan fingerprint density at radius 3 is 0.950 bits per heavy atom. The third kappa shape index (κ3) is 52.8. The Labute approximate surface area is 486 Å². The van der Waals surface area contributed by atoms with Crippen molar-refractivity contribution in [1.82, 2.24) is 0 Å². The third-order valence-corrected chi connectivity index (χ3v) is 16.5. The summed E-state index contributed by atoms with van der Waals surface area (Å²) in [7, 11) is -9.88. The quantitative estimate of drug-likeness (QED) is 0.0222. The van der Waals surface area contributed by atoms with Gasteiger partial charge >= 0.3 is 39.5 Å². The van der Waals surface area contributed by atoms with Gasteiger partial charge in [0.2, 0.25) is 0 Å². The molecule has 0 aliphatic heterocycles. The van der Waals surface area contributed by atoms with Crippen LogP contribution in [0.5, 0.6) is 0 Å². The van der Waals surface area contributed by atoms with Gasteiger partial charge in [0.1, 0.15) is 19.3 Å². The van der Waals surface area contributed by atoms with Crippen LogP contribution in [0.4, 0.5) is 0 Å². The summed E-state index contributed by atoms with van der Waals surface area (Å²) < 4.78 is 67.8. The maximum atomic E-state index is 12.9. The minimum Gasteiger partial charge on any atom is -0.462 e. The molecule has 0 aromatic heterocycles.